The summed E-state index contributed by atoms with van der Waals surface area (Å²) in [6, 6.07) is 8.21. The molecular formula is C14H23NO2. The molecule has 0 saturated carbocycles. The molecule has 17 heavy (non-hydrogen) atoms. The topological polar surface area (TPSA) is 41.5 Å². The van der Waals surface area contributed by atoms with E-state index in [1.807, 2.05) is 12.1 Å². The molecule has 0 saturated heterocycles. The molecule has 1 atom stereocenters. The van der Waals surface area contributed by atoms with E-state index in [-0.39, 0.29) is 6.10 Å². The molecule has 0 aromatic heterocycles. The number of methoxy groups -OCH3 is 1. The fourth-order valence-electron chi connectivity index (χ4n) is 1.83. The van der Waals surface area contributed by atoms with Crippen LogP contribution >= 0.6 is 0 Å². The molecule has 0 radical (unpaired) electrons. The summed E-state index contributed by atoms with van der Waals surface area (Å²) in [6.45, 7) is 4.14. The molecule has 0 amide bonds. The Morgan fingerprint density at radius 2 is 2.00 bits per heavy atom. The van der Waals surface area contributed by atoms with Crippen molar-refractivity contribution in [2.45, 2.75) is 39.0 Å². The third-order valence-corrected chi connectivity index (χ3v) is 2.74. The van der Waals surface area contributed by atoms with E-state index in [0.717, 1.165) is 19.4 Å². The lowest BCUT2D eigenvalue weighted by Crippen LogP contribution is -2.26. The first-order chi connectivity index (χ1) is 8.27. The molecule has 0 fully saturated rings. The van der Waals surface area contributed by atoms with Gasteiger partial charge < -0.3 is 15.2 Å². The van der Waals surface area contributed by atoms with E-state index in [0.29, 0.717) is 13.2 Å². The van der Waals surface area contributed by atoms with Crippen LogP contribution in [0.4, 0.5) is 0 Å². The smallest absolute Gasteiger partial charge is 0.0716 e. The Kier molecular flexibility index (Phi) is 6.86. The van der Waals surface area contributed by atoms with Gasteiger partial charge in [0.1, 0.15) is 0 Å². The molecule has 1 aromatic carbocycles. The van der Waals surface area contributed by atoms with E-state index in [1.54, 1.807) is 7.11 Å². The second-order valence-electron chi connectivity index (χ2n) is 4.28. The van der Waals surface area contributed by atoms with Crippen molar-refractivity contribution in [1.82, 2.24) is 5.32 Å². The first-order valence-corrected chi connectivity index (χ1v) is 6.22. The average Bonchev–Trinajstić information content (AvgIpc) is 2.32. The van der Waals surface area contributed by atoms with Gasteiger partial charge in [0, 0.05) is 20.2 Å². The molecule has 0 aliphatic carbocycles. The Morgan fingerprint density at radius 3 is 2.65 bits per heavy atom. The fourth-order valence-corrected chi connectivity index (χ4v) is 1.83. The van der Waals surface area contributed by atoms with E-state index in [1.165, 1.54) is 11.1 Å². The maximum absolute atomic E-state index is 9.61. The summed E-state index contributed by atoms with van der Waals surface area (Å²) in [5.41, 5.74) is 2.44. The van der Waals surface area contributed by atoms with Crippen LogP contribution in [0.5, 0.6) is 0 Å². The highest BCUT2D eigenvalue weighted by molar-refractivity contribution is 5.26. The van der Waals surface area contributed by atoms with E-state index in [2.05, 4.69) is 24.4 Å². The molecule has 2 N–H and O–H groups in total. The van der Waals surface area contributed by atoms with Gasteiger partial charge in [0.2, 0.25) is 0 Å². The van der Waals surface area contributed by atoms with Crippen molar-refractivity contribution < 1.29 is 9.84 Å². The first kappa shape index (κ1) is 14.2. The Labute approximate surface area is 104 Å². The van der Waals surface area contributed by atoms with Gasteiger partial charge in [-0.15, -0.1) is 0 Å². The predicted octanol–water partition coefficient (Wildman–Crippen LogP) is 2.08. The third-order valence-electron chi connectivity index (χ3n) is 2.74. The van der Waals surface area contributed by atoms with Gasteiger partial charge in [-0.1, -0.05) is 37.6 Å². The number of aliphatic hydroxyl groups excluding tert-OH is 1. The second-order valence-corrected chi connectivity index (χ2v) is 4.28. The lowest BCUT2D eigenvalue weighted by molar-refractivity contribution is 0.160. The molecule has 0 aliphatic rings. The Bertz CT molecular complexity index is 315. The van der Waals surface area contributed by atoms with Crippen LogP contribution in [0.25, 0.3) is 0 Å². The van der Waals surface area contributed by atoms with Gasteiger partial charge in [0.05, 0.1) is 12.7 Å². The molecule has 0 spiro atoms. The summed E-state index contributed by atoms with van der Waals surface area (Å²) in [5, 5.41) is 12.9. The first-order valence-electron chi connectivity index (χ1n) is 6.22. The molecule has 1 unspecified atom stereocenters. The molecular weight excluding hydrogens is 214 g/mol. The van der Waals surface area contributed by atoms with Crippen LogP contribution in [0.1, 0.15) is 30.9 Å². The lowest BCUT2D eigenvalue weighted by atomic mass is 10.1. The molecule has 1 rings (SSSR count). The molecule has 3 nitrogen and oxygen atoms in total. The maximum atomic E-state index is 9.61. The normalized spacial score (nSPS) is 12.6. The fraction of sp³-hybridized carbons (Fsp3) is 0.571. The van der Waals surface area contributed by atoms with Crippen molar-refractivity contribution in [3.63, 3.8) is 0 Å². The van der Waals surface area contributed by atoms with Gasteiger partial charge in [-0.3, -0.25) is 0 Å². The highest BCUT2D eigenvalue weighted by Gasteiger charge is 2.04. The number of hydrogen-bond acceptors (Lipinski definition) is 3. The Hall–Kier alpha value is -0.900. The minimum absolute atomic E-state index is 0.241. The summed E-state index contributed by atoms with van der Waals surface area (Å²) in [7, 11) is 1.70. The summed E-state index contributed by atoms with van der Waals surface area (Å²) in [6.07, 6.45) is 1.63. The molecule has 0 heterocycles. The van der Waals surface area contributed by atoms with Crippen LogP contribution < -0.4 is 5.32 Å². The number of nitrogens with one attached hydrogen (secondary N) is 1. The standard InChI is InChI=1S/C14H23NO2/c1-3-6-14(16)10-15-9-12-7-4-5-8-13(12)11-17-2/h4-5,7-8,14-16H,3,6,9-11H2,1-2H3. The minimum atomic E-state index is -0.241. The SMILES string of the molecule is CCCC(O)CNCc1ccccc1COC. The van der Waals surface area contributed by atoms with E-state index >= 15 is 0 Å². The average molecular weight is 237 g/mol. The highest BCUT2D eigenvalue weighted by Crippen LogP contribution is 2.09. The number of ether oxygens (including phenoxy) is 1. The van der Waals surface area contributed by atoms with Gasteiger partial charge in [0.25, 0.3) is 0 Å². The van der Waals surface area contributed by atoms with Gasteiger partial charge in [0.15, 0.2) is 0 Å². The summed E-state index contributed by atoms with van der Waals surface area (Å²) < 4.78 is 5.16. The predicted molar refractivity (Wildman–Crippen MR) is 69.8 cm³/mol. The largest absolute Gasteiger partial charge is 0.392 e. The number of benzene rings is 1. The minimum Gasteiger partial charge on any atom is -0.392 e. The van der Waals surface area contributed by atoms with E-state index < -0.39 is 0 Å². The number of rotatable bonds is 8. The molecule has 96 valence electrons. The van der Waals surface area contributed by atoms with E-state index in [4.69, 9.17) is 4.74 Å². The summed E-state index contributed by atoms with van der Waals surface area (Å²) >= 11 is 0. The van der Waals surface area contributed by atoms with Crippen molar-refractivity contribution in [1.29, 1.82) is 0 Å². The zero-order chi connectivity index (χ0) is 12.5. The maximum Gasteiger partial charge on any atom is 0.0716 e. The highest BCUT2D eigenvalue weighted by atomic mass is 16.5. The lowest BCUT2D eigenvalue weighted by Gasteiger charge is -2.13. The van der Waals surface area contributed by atoms with Gasteiger partial charge >= 0.3 is 0 Å². The zero-order valence-corrected chi connectivity index (χ0v) is 10.8. The molecule has 0 aliphatic heterocycles. The van der Waals surface area contributed by atoms with Crippen LogP contribution in [0.2, 0.25) is 0 Å². The van der Waals surface area contributed by atoms with Gasteiger partial charge in [-0.25, -0.2) is 0 Å². The van der Waals surface area contributed by atoms with Gasteiger partial charge in [-0.2, -0.15) is 0 Å². The Balaban J connectivity index is 2.40. The molecule has 3 heteroatoms. The van der Waals surface area contributed by atoms with Crippen molar-refractivity contribution in [3.05, 3.63) is 35.4 Å². The van der Waals surface area contributed by atoms with Crippen molar-refractivity contribution in [2.75, 3.05) is 13.7 Å². The number of hydrogen-bond donors (Lipinski definition) is 2. The summed E-state index contributed by atoms with van der Waals surface area (Å²) in [4.78, 5) is 0. The monoisotopic (exact) mass is 237 g/mol. The molecule has 1 aromatic rings. The van der Waals surface area contributed by atoms with E-state index in [9.17, 15) is 5.11 Å². The van der Waals surface area contributed by atoms with Crippen molar-refractivity contribution in [3.8, 4) is 0 Å². The van der Waals surface area contributed by atoms with Crippen LogP contribution in [-0.4, -0.2) is 24.9 Å². The van der Waals surface area contributed by atoms with Gasteiger partial charge in [-0.05, 0) is 17.5 Å². The summed E-state index contributed by atoms with van der Waals surface area (Å²) in [5.74, 6) is 0. The Morgan fingerprint density at radius 1 is 1.29 bits per heavy atom. The van der Waals surface area contributed by atoms with Crippen molar-refractivity contribution >= 4 is 0 Å². The zero-order valence-electron chi connectivity index (χ0n) is 10.8. The third kappa shape index (κ3) is 5.31. The van der Waals surface area contributed by atoms with Crippen molar-refractivity contribution in [2.24, 2.45) is 0 Å². The second kappa shape index (κ2) is 8.23. The van der Waals surface area contributed by atoms with Crippen LogP contribution in [-0.2, 0) is 17.9 Å². The number of aliphatic hydroxyl groups is 1. The van der Waals surface area contributed by atoms with Crippen LogP contribution in [0.15, 0.2) is 24.3 Å². The molecule has 0 bridgehead atoms. The van der Waals surface area contributed by atoms with Crippen LogP contribution in [0, 0.1) is 0 Å². The van der Waals surface area contributed by atoms with Crippen LogP contribution in [0.3, 0.4) is 0 Å². The quantitative estimate of drug-likeness (QED) is 0.727.